The van der Waals surface area contributed by atoms with Crippen molar-refractivity contribution in [2.24, 2.45) is 0 Å². The normalized spacial score (nSPS) is 12.3. The molecule has 1 atom stereocenters. The molecular formula is C25H33BrN2O2S. The number of hydrogen-bond acceptors (Lipinski definition) is 3. The number of carbonyl (C=O) groups excluding carboxylic acids is 2. The first-order valence-electron chi connectivity index (χ1n) is 10.6. The van der Waals surface area contributed by atoms with E-state index < -0.39 is 6.04 Å². The number of nitrogens with zero attached hydrogens (tertiary/aromatic N) is 1. The first-order valence-corrected chi connectivity index (χ1v) is 12.5. The fourth-order valence-corrected chi connectivity index (χ4v) is 4.40. The van der Waals surface area contributed by atoms with Gasteiger partial charge in [-0.25, -0.2) is 0 Å². The third kappa shape index (κ3) is 8.34. The summed E-state index contributed by atoms with van der Waals surface area (Å²) in [6, 6.07) is 15.6. The van der Waals surface area contributed by atoms with Gasteiger partial charge in [0.05, 0.1) is 5.75 Å². The van der Waals surface area contributed by atoms with Gasteiger partial charge in [0.1, 0.15) is 6.04 Å². The number of carbonyl (C=O) groups is 2. The van der Waals surface area contributed by atoms with Crippen LogP contribution in [0.1, 0.15) is 50.8 Å². The number of rotatable bonds is 9. The third-order valence-electron chi connectivity index (χ3n) is 4.89. The molecular weight excluding hydrogens is 472 g/mol. The highest BCUT2D eigenvalue weighted by Gasteiger charge is 2.30. The van der Waals surface area contributed by atoms with Crippen molar-refractivity contribution in [3.8, 4) is 0 Å². The van der Waals surface area contributed by atoms with Gasteiger partial charge in [-0.3, -0.25) is 9.59 Å². The van der Waals surface area contributed by atoms with Gasteiger partial charge in [-0.1, -0.05) is 59.3 Å². The van der Waals surface area contributed by atoms with Gasteiger partial charge in [0.15, 0.2) is 0 Å². The molecule has 0 unspecified atom stereocenters. The lowest BCUT2D eigenvalue weighted by molar-refractivity contribution is -0.140. The van der Waals surface area contributed by atoms with Crippen LogP contribution < -0.4 is 5.32 Å². The molecule has 0 fully saturated rings. The lowest BCUT2D eigenvalue weighted by atomic mass is 10.0. The van der Waals surface area contributed by atoms with E-state index in [0.29, 0.717) is 18.7 Å². The molecule has 0 heterocycles. The Kier molecular flexibility index (Phi) is 9.63. The van der Waals surface area contributed by atoms with E-state index in [9.17, 15) is 9.59 Å². The van der Waals surface area contributed by atoms with Gasteiger partial charge in [0.2, 0.25) is 11.8 Å². The zero-order valence-corrected chi connectivity index (χ0v) is 21.5. The van der Waals surface area contributed by atoms with Crippen LogP contribution in [0, 0.1) is 6.92 Å². The number of hydrogen-bond donors (Lipinski definition) is 1. The molecule has 0 bridgehead atoms. The summed E-state index contributed by atoms with van der Waals surface area (Å²) in [6.07, 6.45) is 0.566. The number of nitrogens with one attached hydrogen (secondary N) is 1. The minimum absolute atomic E-state index is 0.0127. The first-order chi connectivity index (χ1) is 14.6. The quantitative estimate of drug-likeness (QED) is 0.475. The molecule has 2 aromatic carbocycles. The Hall–Kier alpha value is -1.79. The molecule has 0 aliphatic heterocycles. The Bertz CT molecular complexity index is 878. The molecule has 4 nitrogen and oxygen atoms in total. The third-order valence-corrected chi connectivity index (χ3v) is 6.41. The number of thioether (sulfide) groups is 1. The molecule has 0 aliphatic carbocycles. The summed E-state index contributed by atoms with van der Waals surface area (Å²) in [5.74, 6) is 0.972. The van der Waals surface area contributed by atoms with Gasteiger partial charge in [-0.15, -0.1) is 11.8 Å². The predicted octanol–water partition coefficient (Wildman–Crippen LogP) is 5.71. The van der Waals surface area contributed by atoms with Crippen LogP contribution in [0.4, 0.5) is 0 Å². The summed E-state index contributed by atoms with van der Waals surface area (Å²) in [5, 5.41) is 3.05. The van der Waals surface area contributed by atoms with E-state index in [0.717, 1.165) is 21.4 Å². The average Bonchev–Trinajstić information content (AvgIpc) is 2.69. The standard InChI is InChI=1S/C25H33BrN2O2S/c1-6-22(24(30)27-25(3,4)5)28(15-20-10-8-7-9-18(20)2)23(29)17-31-16-19-11-13-21(26)14-12-19/h7-14,22H,6,15-17H2,1-5H3,(H,27,30)/t22-/m0/s1. The Labute approximate surface area is 199 Å². The van der Waals surface area contributed by atoms with Crippen molar-refractivity contribution in [2.75, 3.05) is 5.75 Å². The van der Waals surface area contributed by atoms with Gasteiger partial charge in [0.25, 0.3) is 0 Å². The number of halogens is 1. The molecule has 168 valence electrons. The maximum absolute atomic E-state index is 13.3. The maximum atomic E-state index is 13.3. The largest absolute Gasteiger partial charge is 0.350 e. The van der Waals surface area contributed by atoms with E-state index in [-0.39, 0.29) is 17.4 Å². The molecule has 2 amide bonds. The topological polar surface area (TPSA) is 49.4 Å². The van der Waals surface area contributed by atoms with Gasteiger partial charge in [-0.2, -0.15) is 0 Å². The molecule has 31 heavy (non-hydrogen) atoms. The van der Waals surface area contributed by atoms with E-state index in [1.165, 1.54) is 5.56 Å². The summed E-state index contributed by atoms with van der Waals surface area (Å²) in [7, 11) is 0. The van der Waals surface area contributed by atoms with Gasteiger partial charge >= 0.3 is 0 Å². The SMILES string of the molecule is CC[C@@H](C(=O)NC(C)(C)C)N(Cc1ccccc1C)C(=O)CSCc1ccc(Br)cc1. The second-order valence-corrected chi connectivity index (χ2v) is 10.6. The Morgan fingerprint density at radius 1 is 1.10 bits per heavy atom. The minimum Gasteiger partial charge on any atom is -0.350 e. The van der Waals surface area contributed by atoms with E-state index in [1.54, 1.807) is 16.7 Å². The van der Waals surface area contributed by atoms with E-state index in [4.69, 9.17) is 0 Å². The van der Waals surface area contributed by atoms with Crippen molar-refractivity contribution in [3.63, 3.8) is 0 Å². The van der Waals surface area contributed by atoms with Crippen molar-refractivity contribution < 1.29 is 9.59 Å². The van der Waals surface area contributed by atoms with Crippen molar-refractivity contribution >= 4 is 39.5 Å². The molecule has 0 radical (unpaired) electrons. The Balaban J connectivity index is 2.16. The van der Waals surface area contributed by atoms with Crippen LogP contribution in [0.5, 0.6) is 0 Å². The summed E-state index contributed by atoms with van der Waals surface area (Å²) in [5.41, 5.74) is 3.01. The first kappa shape index (κ1) is 25.5. The predicted molar refractivity (Wildman–Crippen MR) is 134 cm³/mol. The van der Waals surface area contributed by atoms with Crippen LogP contribution in [-0.2, 0) is 21.9 Å². The average molecular weight is 506 g/mol. The molecule has 0 saturated carbocycles. The summed E-state index contributed by atoms with van der Waals surface area (Å²) < 4.78 is 1.04. The summed E-state index contributed by atoms with van der Waals surface area (Å²) in [4.78, 5) is 28.1. The summed E-state index contributed by atoms with van der Waals surface area (Å²) >= 11 is 5.02. The van der Waals surface area contributed by atoms with Crippen molar-refractivity contribution in [1.29, 1.82) is 0 Å². The van der Waals surface area contributed by atoms with E-state index in [2.05, 4.69) is 33.4 Å². The highest BCUT2D eigenvalue weighted by Crippen LogP contribution is 2.20. The zero-order chi connectivity index (χ0) is 23.0. The van der Waals surface area contributed by atoms with Gasteiger partial charge < -0.3 is 10.2 Å². The van der Waals surface area contributed by atoms with Crippen molar-refractivity contribution in [1.82, 2.24) is 10.2 Å². The number of aryl methyl sites for hydroxylation is 1. The van der Waals surface area contributed by atoms with Crippen LogP contribution >= 0.6 is 27.7 Å². The highest BCUT2D eigenvalue weighted by molar-refractivity contribution is 9.10. The van der Waals surface area contributed by atoms with Crippen molar-refractivity contribution in [2.45, 2.75) is 64.9 Å². The zero-order valence-electron chi connectivity index (χ0n) is 19.1. The van der Waals surface area contributed by atoms with E-state index in [1.807, 2.05) is 71.0 Å². The fraction of sp³-hybridized carbons (Fsp3) is 0.440. The summed E-state index contributed by atoms with van der Waals surface area (Å²) in [6.45, 7) is 10.3. The molecule has 0 aromatic heterocycles. The second-order valence-electron chi connectivity index (χ2n) is 8.73. The van der Waals surface area contributed by atoms with Crippen LogP contribution in [0.2, 0.25) is 0 Å². The van der Waals surface area contributed by atoms with Gasteiger partial charge in [-0.05, 0) is 62.9 Å². The molecule has 0 saturated heterocycles. The highest BCUT2D eigenvalue weighted by atomic mass is 79.9. The lowest BCUT2D eigenvalue weighted by Crippen LogP contribution is -2.53. The number of benzene rings is 2. The maximum Gasteiger partial charge on any atom is 0.243 e. The molecule has 0 spiro atoms. The molecule has 0 aliphatic rings. The molecule has 6 heteroatoms. The molecule has 2 rings (SSSR count). The molecule has 1 N–H and O–H groups in total. The van der Waals surface area contributed by atoms with E-state index >= 15 is 0 Å². The minimum atomic E-state index is -0.500. The fourth-order valence-electron chi connectivity index (χ4n) is 3.26. The van der Waals surface area contributed by atoms with Gasteiger partial charge in [0, 0.05) is 22.3 Å². The Morgan fingerprint density at radius 3 is 2.32 bits per heavy atom. The van der Waals surface area contributed by atoms with Crippen LogP contribution in [-0.4, -0.2) is 34.0 Å². The monoisotopic (exact) mass is 504 g/mol. The van der Waals surface area contributed by atoms with Crippen LogP contribution in [0.15, 0.2) is 53.0 Å². The molecule has 2 aromatic rings. The smallest absolute Gasteiger partial charge is 0.243 e. The lowest BCUT2D eigenvalue weighted by Gasteiger charge is -2.33. The van der Waals surface area contributed by atoms with Crippen LogP contribution in [0.25, 0.3) is 0 Å². The second kappa shape index (κ2) is 11.7. The Morgan fingerprint density at radius 2 is 1.74 bits per heavy atom. The van der Waals surface area contributed by atoms with Crippen molar-refractivity contribution in [3.05, 3.63) is 69.7 Å². The van der Waals surface area contributed by atoms with Crippen LogP contribution in [0.3, 0.4) is 0 Å². The number of amides is 2.